The largest absolute Gasteiger partial charge is 0.352 e. The van der Waals surface area contributed by atoms with Gasteiger partial charge in [0.1, 0.15) is 5.69 Å². The molecule has 0 radical (unpaired) electrons. The summed E-state index contributed by atoms with van der Waals surface area (Å²) in [6, 6.07) is 13.1. The molecule has 4 aromatic heterocycles. The third-order valence-corrected chi connectivity index (χ3v) is 9.01. The number of nitrogens with one attached hydrogen (secondary N) is 4. The molecule has 2 aromatic carbocycles. The van der Waals surface area contributed by atoms with Crippen molar-refractivity contribution in [3.8, 4) is 22.4 Å². The number of imidazole rings is 2. The number of nitrogens with zero attached hydrogens (tertiary/aromatic N) is 7. The van der Waals surface area contributed by atoms with Crippen LogP contribution in [-0.2, 0) is 19.6 Å². The highest BCUT2D eigenvalue weighted by Crippen LogP contribution is 2.30. The lowest BCUT2D eigenvalue weighted by Gasteiger charge is -2.14. The SMILES string of the molecule is CCn1nc(-c2cccc(-c3cc(C(=O)NCCCn4ccnc4)cc(C(=O)NCCCn4ccnc4)c3)c2)cc(NC(=O)Nc2c(Cl)cncc2Cl)c1=O. The monoisotopic (exact) mass is 781 g/mol. The van der Waals surface area contributed by atoms with E-state index in [1.54, 1.807) is 62.3 Å². The van der Waals surface area contributed by atoms with Gasteiger partial charge >= 0.3 is 6.03 Å². The molecular weight excluding hydrogens is 745 g/mol. The Morgan fingerprint density at radius 3 is 1.89 bits per heavy atom. The summed E-state index contributed by atoms with van der Waals surface area (Å²) >= 11 is 12.3. The Labute approximate surface area is 325 Å². The summed E-state index contributed by atoms with van der Waals surface area (Å²) in [5, 5.41) is 15.8. The molecule has 55 heavy (non-hydrogen) atoms. The van der Waals surface area contributed by atoms with E-state index in [0.29, 0.717) is 72.5 Å². The highest BCUT2D eigenvalue weighted by atomic mass is 35.5. The van der Waals surface area contributed by atoms with Crippen molar-refractivity contribution in [3.05, 3.63) is 130 Å². The zero-order chi connectivity index (χ0) is 38.7. The third kappa shape index (κ3) is 10.0. The van der Waals surface area contributed by atoms with Crippen LogP contribution in [0.2, 0.25) is 10.0 Å². The van der Waals surface area contributed by atoms with Gasteiger partial charge in [-0.3, -0.25) is 19.4 Å². The normalized spacial score (nSPS) is 10.9. The molecule has 0 fully saturated rings. The van der Waals surface area contributed by atoms with E-state index in [1.807, 2.05) is 33.7 Å². The molecule has 6 rings (SSSR count). The van der Waals surface area contributed by atoms with Crippen LogP contribution in [0.15, 0.2) is 103 Å². The highest BCUT2D eigenvalue weighted by Gasteiger charge is 2.17. The molecule has 4 amide bonds. The molecule has 0 atom stereocenters. The van der Waals surface area contributed by atoms with Gasteiger partial charge in [-0.1, -0.05) is 41.4 Å². The van der Waals surface area contributed by atoms with Crippen molar-refractivity contribution >= 4 is 52.4 Å². The Kier molecular flexibility index (Phi) is 12.7. The number of carbonyl (C=O) groups is 3. The summed E-state index contributed by atoms with van der Waals surface area (Å²) in [6.07, 6.45) is 14.6. The molecule has 0 saturated heterocycles. The number of benzene rings is 2. The molecule has 6 aromatic rings. The minimum absolute atomic E-state index is 0.0326. The molecule has 17 heteroatoms. The van der Waals surface area contributed by atoms with Crippen LogP contribution in [0.5, 0.6) is 0 Å². The van der Waals surface area contributed by atoms with Crippen molar-refractivity contribution in [3.63, 3.8) is 0 Å². The van der Waals surface area contributed by atoms with E-state index in [2.05, 4.69) is 41.3 Å². The standard InChI is InChI=1S/C38H37Cl2N11O4/c1-2-51-37(54)33(46-38(55)47-34-30(39)21-43-22-31(34)40)20-32(48-51)26-7-3-6-25(16-26)27-17-28(35(52)44-8-4-12-49-14-10-41-23-49)19-29(18-27)36(53)45-9-5-13-50-15-11-42-24-50/h3,6-7,10-11,14-24H,2,4-5,8-9,12-13H2,1H3,(H,44,52)(H,45,53)(H2,43,46,47,55). The van der Waals surface area contributed by atoms with E-state index in [1.165, 1.54) is 23.1 Å². The summed E-state index contributed by atoms with van der Waals surface area (Å²) in [5.41, 5.74) is 2.53. The topological polar surface area (TPSA) is 183 Å². The van der Waals surface area contributed by atoms with E-state index >= 15 is 0 Å². The Morgan fingerprint density at radius 2 is 1.33 bits per heavy atom. The van der Waals surface area contributed by atoms with Crippen molar-refractivity contribution in [2.75, 3.05) is 23.7 Å². The van der Waals surface area contributed by atoms with Gasteiger partial charge in [0.15, 0.2) is 0 Å². The van der Waals surface area contributed by atoms with Crippen LogP contribution >= 0.6 is 23.2 Å². The molecule has 0 bridgehead atoms. The smallest absolute Gasteiger partial charge is 0.323 e. The quantitative estimate of drug-likeness (QED) is 0.0919. The van der Waals surface area contributed by atoms with Crippen molar-refractivity contribution < 1.29 is 14.4 Å². The molecule has 0 aliphatic heterocycles. The summed E-state index contributed by atoms with van der Waals surface area (Å²) < 4.78 is 5.09. The van der Waals surface area contributed by atoms with Crippen LogP contribution < -0.4 is 26.8 Å². The molecular formula is C38H37Cl2N11O4. The van der Waals surface area contributed by atoms with E-state index in [4.69, 9.17) is 23.2 Å². The number of halogens is 2. The van der Waals surface area contributed by atoms with Crippen LogP contribution in [0.25, 0.3) is 22.4 Å². The van der Waals surface area contributed by atoms with Gasteiger partial charge in [0.05, 0.1) is 34.1 Å². The maximum Gasteiger partial charge on any atom is 0.323 e. The van der Waals surface area contributed by atoms with E-state index < -0.39 is 11.6 Å². The fourth-order valence-electron chi connectivity index (χ4n) is 5.67. The zero-order valence-corrected chi connectivity index (χ0v) is 31.2. The Bertz CT molecular complexity index is 2250. The van der Waals surface area contributed by atoms with Crippen molar-refractivity contribution in [2.45, 2.75) is 39.4 Å². The van der Waals surface area contributed by atoms with Crippen LogP contribution in [0, 0.1) is 0 Å². The van der Waals surface area contributed by atoms with Gasteiger partial charge in [0.2, 0.25) is 0 Å². The molecule has 4 heterocycles. The average Bonchev–Trinajstić information content (AvgIpc) is 3.92. The van der Waals surface area contributed by atoms with Gasteiger partial charge in [-0.05, 0) is 61.2 Å². The number of rotatable bonds is 15. The van der Waals surface area contributed by atoms with Crippen molar-refractivity contribution in [2.24, 2.45) is 0 Å². The van der Waals surface area contributed by atoms with Gasteiger partial charge in [0.25, 0.3) is 17.4 Å². The number of anilines is 2. The molecule has 0 saturated carbocycles. The minimum atomic E-state index is -0.745. The second-order valence-corrected chi connectivity index (χ2v) is 13.1. The third-order valence-electron chi connectivity index (χ3n) is 8.44. The first-order valence-corrected chi connectivity index (χ1v) is 18.2. The second-order valence-electron chi connectivity index (χ2n) is 12.3. The molecule has 282 valence electrons. The Balaban J connectivity index is 1.26. The van der Waals surface area contributed by atoms with Gasteiger partial charge in [0, 0.05) is 86.6 Å². The van der Waals surface area contributed by atoms with Crippen LogP contribution in [-0.4, -0.2) is 64.8 Å². The van der Waals surface area contributed by atoms with Gasteiger partial charge in [-0.2, -0.15) is 5.10 Å². The van der Waals surface area contributed by atoms with Crippen LogP contribution in [0.3, 0.4) is 0 Å². The van der Waals surface area contributed by atoms with Crippen molar-refractivity contribution in [1.29, 1.82) is 0 Å². The minimum Gasteiger partial charge on any atom is -0.352 e. The van der Waals surface area contributed by atoms with Crippen LogP contribution in [0.4, 0.5) is 16.2 Å². The predicted octanol–water partition coefficient (Wildman–Crippen LogP) is 5.98. The first-order valence-electron chi connectivity index (χ1n) is 17.4. The maximum atomic E-state index is 13.5. The lowest BCUT2D eigenvalue weighted by Crippen LogP contribution is -2.29. The number of aromatic nitrogens is 7. The summed E-state index contributed by atoms with van der Waals surface area (Å²) in [7, 11) is 0. The number of carbonyl (C=O) groups excluding carboxylic acids is 3. The van der Waals surface area contributed by atoms with Gasteiger partial charge in [-0.15, -0.1) is 0 Å². The fourth-order valence-corrected chi connectivity index (χ4v) is 6.13. The first kappa shape index (κ1) is 38.4. The Morgan fingerprint density at radius 1 is 0.727 bits per heavy atom. The molecule has 0 aliphatic carbocycles. The van der Waals surface area contributed by atoms with E-state index in [-0.39, 0.29) is 39.8 Å². The summed E-state index contributed by atoms with van der Waals surface area (Å²) in [4.78, 5) is 65.1. The molecule has 0 spiro atoms. The number of hydrogen-bond donors (Lipinski definition) is 4. The molecule has 0 unspecified atom stereocenters. The maximum absolute atomic E-state index is 13.5. The first-order chi connectivity index (χ1) is 26.7. The molecule has 4 N–H and O–H groups in total. The number of hydrogen-bond acceptors (Lipinski definition) is 8. The van der Waals surface area contributed by atoms with E-state index in [9.17, 15) is 19.2 Å². The Hall–Kier alpha value is -6.32. The summed E-state index contributed by atoms with van der Waals surface area (Å²) in [5.74, 6) is -0.643. The molecule has 15 nitrogen and oxygen atoms in total. The lowest BCUT2D eigenvalue weighted by atomic mass is 9.97. The molecule has 0 aliphatic rings. The lowest BCUT2D eigenvalue weighted by molar-refractivity contribution is 0.0952. The van der Waals surface area contributed by atoms with Crippen LogP contribution in [0.1, 0.15) is 40.5 Å². The number of urea groups is 1. The average molecular weight is 783 g/mol. The summed E-state index contributed by atoms with van der Waals surface area (Å²) in [6.45, 7) is 4.20. The fraction of sp³-hybridized carbons (Fsp3) is 0.211. The van der Waals surface area contributed by atoms with Crippen molar-refractivity contribution in [1.82, 2.24) is 44.5 Å². The van der Waals surface area contributed by atoms with Gasteiger partial charge < -0.3 is 30.4 Å². The number of amides is 4. The van der Waals surface area contributed by atoms with Gasteiger partial charge in [-0.25, -0.2) is 19.4 Å². The van der Waals surface area contributed by atoms with E-state index in [0.717, 1.165) is 0 Å². The number of aryl methyl sites for hydroxylation is 3. The predicted molar refractivity (Wildman–Crippen MR) is 210 cm³/mol. The second kappa shape index (κ2) is 18.1. The highest BCUT2D eigenvalue weighted by molar-refractivity contribution is 6.39. The number of pyridine rings is 1. The zero-order valence-electron chi connectivity index (χ0n) is 29.7.